The lowest BCUT2D eigenvalue weighted by atomic mass is 10.0. The molecular weight excluding hydrogens is 739 g/mol. The van der Waals surface area contributed by atoms with Crippen molar-refractivity contribution in [3.8, 4) is 16.9 Å². The molecule has 0 aromatic heterocycles. The van der Waals surface area contributed by atoms with Crippen molar-refractivity contribution < 1.29 is 24.2 Å². The summed E-state index contributed by atoms with van der Waals surface area (Å²) in [5, 5.41) is 10.9. The standard InChI is InChI=1S/C16H21Cl2NO2.C12H10O.C8H2Cl4O2/c1-12-5-2-3-8-19(12)9-4-10-21-16(20)13-6-7-14(17)15(18)11-13;13-12-9-5-4-8-11(12)10-6-2-1-3-7-10;9-4-2-1-14-8(13)3(2)5(10)7(12)6(4)11/h6-7,11-12H,2-5,8-10H2,1H3;1-9,13H;1H2. The molecule has 0 radical (unpaired) electrons. The van der Waals surface area contributed by atoms with Crippen LogP contribution in [0.1, 0.15) is 58.9 Å². The van der Waals surface area contributed by atoms with E-state index in [1.54, 1.807) is 24.3 Å². The molecule has 6 nitrogen and oxygen atoms in total. The summed E-state index contributed by atoms with van der Waals surface area (Å²) in [7, 11) is 0. The molecule has 48 heavy (non-hydrogen) atoms. The summed E-state index contributed by atoms with van der Waals surface area (Å²) in [4.78, 5) is 25.6. The molecule has 0 aliphatic carbocycles. The number of fused-ring (bicyclic) bond motifs is 1. The molecule has 1 atom stereocenters. The zero-order valence-electron chi connectivity index (χ0n) is 26.0. The molecule has 0 saturated carbocycles. The van der Waals surface area contributed by atoms with Gasteiger partial charge in [-0.2, -0.15) is 0 Å². The van der Waals surface area contributed by atoms with Gasteiger partial charge in [0.25, 0.3) is 0 Å². The topological polar surface area (TPSA) is 76.1 Å². The summed E-state index contributed by atoms with van der Waals surface area (Å²) < 4.78 is 10.1. The molecule has 12 heteroatoms. The Labute approximate surface area is 310 Å². The van der Waals surface area contributed by atoms with Crippen LogP contribution in [0.2, 0.25) is 30.1 Å². The molecule has 2 aliphatic heterocycles. The molecule has 1 saturated heterocycles. The molecule has 1 N–H and O–H groups in total. The molecule has 254 valence electrons. The van der Waals surface area contributed by atoms with Gasteiger partial charge in [0.2, 0.25) is 0 Å². The third-order valence-corrected chi connectivity index (χ3v) is 10.4. The Bertz CT molecular complexity index is 1740. The van der Waals surface area contributed by atoms with Gasteiger partial charge in [0.15, 0.2) is 0 Å². The number of carbonyl (C=O) groups is 2. The Morgan fingerprint density at radius 2 is 1.56 bits per heavy atom. The van der Waals surface area contributed by atoms with E-state index in [0.717, 1.165) is 30.6 Å². The van der Waals surface area contributed by atoms with Crippen molar-refractivity contribution in [3.05, 3.63) is 120 Å². The number of rotatable bonds is 6. The average molecular weight is 772 g/mol. The predicted molar refractivity (Wildman–Crippen MR) is 195 cm³/mol. The summed E-state index contributed by atoms with van der Waals surface area (Å²) in [5.41, 5.74) is 3.07. The van der Waals surface area contributed by atoms with E-state index in [1.165, 1.54) is 19.3 Å². The summed E-state index contributed by atoms with van der Waals surface area (Å²) in [6.07, 6.45) is 4.72. The number of piperidine rings is 1. The number of nitrogens with zero attached hydrogens (tertiary/aromatic N) is 1. The van der Waals surface area contributed by atoms with Gasteiger partial charge >= 0.3 is 11.9 Å². The Morgan fingerprint density at radius 3 is 2.25 bits per heavy atom. The maximum Gasteiger partial charge on any atom is 0.340 e. The van der Waals surface area contributed by atoms with Crippen molar-refractivity contribution in [2.45, 2.75) is 45.3 Å². The van der Waals surface area contributed by atoms with Crippen LogP contribution in [0.15, 0.2) is 72.8 Å². The van der Waals surface area contributed by atoms with Crippen molar-refractivity contribution in [2.24, 2.45) is 0 Å². The normalized spacial score (nSPS) is 15.3. The van der Waals surface area contributed by atoms with Crippen LogP contribution < -0.4 is 0 Å². The summed E-state index contributed by atoms with van der Waals surface area (Å²) >= 11 is 35.0. The number of phenols is 1. The minimum Gasteiger partial charge on any atom is -0.507 e. The van der Waals surface area contributed by atoms with E-state index in [9.17, 15) is 14.7 Å². The summed E-state index contributed by atoms with van der Waals surface area (Å²) in [5.74, 6) is -0.542. The first-order chi connectivity index (χ1) is 23.0. The predicted octanol–water partition coefficient (Wildman–Crippen LogP) is 11.4. The lowest BCUT2D eigenvalue weighted by Crippen LogP contribution is -2.38. The third kappa shape index (κ3) is 9.95. The number of hydrogen-bond donors (Lipinski definition) is 1. The number of benzene rings is 4. The second-order valence-corrected chi connectivity index (χ2v) is 13.4. The van der Waals surface area contributed by atoms with Crippen molar-refractivity contribution in [1.29, 1.82) is 0 Å². The second kappa shape index (κ2) is 18.4. The van der Waals surface area contributed by atoms with Crippen molar-refractivity contribution in [3.63, 3.8) is 0 Å². The van der Waals surface area contributed by atoms with Crippen LogP contribution in [0.4, 0.5) is 0 Å². The van der Waals surface area contributed by atoms with E-state index >= 15 is 0 Å². The molecule has 2 heterocycles. The van der Waals surface area contributed by atoms with Crippen molar-refractivity contribution in [1.82, 2.24) is 4.90 Å². The Balaban J connectivity index is 0.000000169. The molecule has 4 aromatic rings. The number of hydrogen-bond acceptors (Lipinski definition) is 6. The van der Waals surface area contributed by atoms with Crippen LogP contribution >= 0.6 is 69.6 Å². The number of cyclic esters (lactones) is 1. The number of ether oxygens (including phenoxy) is 2. The van der Waals surface area contributed by atoms with Crippen LogP contribution in [0.25, 0.3) is 11.1 Å². The monoisotopic (exact) mass is 769 g/mol. The molecule has 2 aliphatic rings. The van der Waals surface area contributed by atoms with E-state index in [4.69, 9.17) is 79.1 Å². The summed E-state index contributed by atoms with van der Waals surface area (Å²) in [6, 6.07) is 22.6. The Morgan fingerprint density at radius 1 is 0.875 bits per heavy atom. The lowest BCUT2D eigenvalue weighted by Gasteiger charge is -2.33. The van der Waals surface area contributed by atoms with Crippen LogP contribution in [-0.2, 0) is 16.1 Å². The Hall–Kier alpha value is -2.68. The first kappa shape index (κ1) is 38.1. The molecule has 0 spiro atoms. The number of aromatic hydroxyl groups is 1. The van der Waals surface area contributed by atoms with Gasteiger partial charge < -0.3 is 19.5 Å². The van der Waals surface area contributed by atoms with E-state index in [1.807, 2.05) is 48.5 Å². The number of likely N-dealkylation sites (tertiary alicyclic amines) is 1. The zero-order valence-corrected chi connectivity index (χ0v) is 30.5. The summed E-state index contributed by atoms with van der Waals surface area (Å²) in [6.45, 7) is 4.92. The fraction of sp³-hybridized carbons (Fsp3) is 0.278. The van der Waals surface area contributed by atoms with Gasteiger partial charge in [0, 0.05) is 23.7 Å². The minimum atomic E-state index is -0.523. The quantitative estimate of drug-likeness (QED) is 0.0910. The maximum absolute atomic E-state index is 11.9. The number of para-hydroxylation sites is 1. The Kier molecular flexibility index (Phi) is 14.6. The highest BCUT2D eigenvalue weighted by atomic mass is 35.5. The SMILES string of the molecule is CC1CCCCN1CCCOC(=O)c1ccc(Cl)c(Cl)c1.O=C1OCc2c(Cl)c(Cl)c(Cl)c(Cl)c21.Oc1ccccc1-c1ccccc1. The number of halogens is 6. The van der Waals surface area contributed by atoms with E-state index in [0.29, 0.717) is 39.6 Å². The third-order valence-electron chi connectivity index (χ3n) is 7.82. The lowest BCUT2D eigenvalue weighted by molar-refractivity contribution is 0.0474. The molecular formula is C36H33Cl6NO5. The van der Waals surface area contributed by atoms with Gasteiger partial charge in [0.05, 0.1) is 47.9 Å². The minimum absolute atomic E-state index is 0.0796. The van der Waals surface area contributed by atoms with Gasteiger partial charge in [-0.05, 0) is 62.6 Å². The maximum atomic E-state index is 11.9. The fourth-order valence-corrected chi connectivity index (χ4v) is 6.52. The molecule has 1 fully saturated rings. The van der Waals surface area contributed by atoms with Crippen LogP contribution in [-0.4, -0.2) is 47.7 Å². The van der Waals surface area contributed by atoms with Gasteiger partial charge in [0.1, 0.15) is 12.4 Å². The zero-order chi connectivity index (χ0) is 34.8. The van der Waals surface area contributed by atoms with Crippen molar-refractivity contribution in [2.75, 3.05) is 19.7 Å². The van der Waals surface area contributed by atoms with Crippen molar-refractivity contribution >= 4 is 81.5 Å². The highest BCUT2D eigenvalue weighted by Crippen LogP contribution is 2.44. The molecule has 0 amide bonds. The first-order valence-corrected chi connectivity index (χ1v) is 17.5. The van der Waals surface area contributed by atoms with E-state index in [-0.39, 0.29) is 38.2 Å². The molecule has 4 aromatic carbocycles. The smallest absolute Gasteiger partial charge is 0.340 e. The molecule has 6 rings (SSSR count). The van der Waals surface area contributed by atoms with E-state index < -0.39 is 5.97 Å². The largest absolute Gasteiger partial charge is 0.507 e. The highest BCUT2D eigenvalue weighted by Gasteiger charge is 2.31. The average Bonchev–Trinajstić information content (AvgIpc) is 3.49. The second-order valence-electron chi connectivity index (χ2n) is 11.1. The molecule has 1 unspecified atom stereocenters. The molecule has 0 bridgehead atoms. The number of esters is 2. The van der Waals surface area contributed by atoms with Gasteiger partial charge in [-0.1, -0.05) is 125 Å². The van der Waals surface area contributed by atoms with Crippen LogP contribution in [0.3, 0.4) is 0 Å². The first-order valence-electron chi connectivity index (χ1n) is 15.2. The number of carbonyl (C=O) groups excluding carboxylic acids is 2. The number of phenolic OH excluding ortho intramolecular Hbond substituents is 1. The highest BCUT2D eigenvalue weighted by molar-refractivity contribution is 6.53. The van der Waals surface area contributed by atoms with Crippen LogP contribution in [0, 0.1) is 0 Å². The van der Waals surface area contributed by atoms with E-state index in [2.05, 4.69) is 11.8 Å². The fourth-order valence-electron chi connectivity index (χ4n) is 5.20. The van der Waals surface area contributed by atoms with Gasteiger partial charge in [-0.25, -0.2) is 9.59 Å². The van der Waals surface area contributed by atoms with Gasteiger partial charge in [-0.3, -0.25) is 0 Å². The van der Waals surface area contributed by atoms with Gasteiger partial charge in [-0.15, -0.1) is 0 Å². The van der Waals surface area contributed by atoms with Crippen LogP contribution in [0.5, 0.6) is 5.75 Å².